The predicted octanol–water partition coefficient (Wildman–Crippen LogP) is 1.57. The Morgan fingerprint density at radius 1 is 1.16 bits per heavy atom. The van der Waals surface area contributed by atoms with Gasteiger partial charge in [-0.2, -0.15) is 4.98 Å². The van der Waals surface area contributed by atoms with Gasteiger partial charge in [0.15, 0.2) is 11.2 Å². The molecule has 3 heterocycles. The van der Waals surface area contributed by atoms with Crippen LogP contribution in [0, 0.1) is 12.8 Å². The molecule has 2 aromatic heterocycles. The van der Waals surface area contributed by atoms with Gasteiger partial charge in [-0.15, -0.1) is 0 Å². The van der Waals surface area contributed by atoms with Crippen LogP contribution in [0.4, 0.5) is 5.95 Å². The van der Waals surface area contributed by atoms with Crippen molar-refractivity contribution in [2.45, 2.75) is 33.2 Å². The first-order valence-electron chi connectivity index (χ1n) is 10.9. The highest BCUT2D eigenvalue weighted by atomic mass is 16.5. The Balaban J connectivity index is 1.85. The van der Waals surface area contributed by atoms with Crippen LogP contribution in [0.5, 0.6) is 0 Å². The van der Waals surface area contributed by atoms with Gasteiger partial charge < -0.3 is 9.64 Å². The summed E-state index contributed by atoms with van der Waals surface area (Å²) in [5.74, 6) is 0.137. The minimum absolute atomic E-state index is 0.207. The standard InChI is InChI=1S/C23H29N5O4/c1-5-32-21(30)17-7-6-12-27(14-17)22-24-19-18(20(29)26(4)23(31)25(19)3)28(22)13-16-10-8-15(2)9-11-16/h8-11,17H,5-7,12-14H2,1-4H3/t17-/m1/s1. The van der Waals surface area contributed by atoms with Crippen LogP contribution in [0.3, 0.4) is 0 Å². The van der Waals surface area contributed by atoms with E-state index in [2.05, 4.69) is 0 Å². The van der Waals surface area contributed by atoms with Crippen LogP contribution in [-0.2, 0) is 30.2 Å². The average molecular weight is 440 g/mol. The van der Waals surface area contributed by atoms with E-state index < -0.39 is 5.69 Å². The zero-order chi connectivity index (χ0) is 23.0. The quantitative estimate of drug-likeness (QED) is 0.561. The van der Waals surface area contributed by atoms with Gasteiger partial charge in [-0.25, -0.2) is 4.79 Å². The summed E-state index contributed by atoms with van der Waals surface area (Å²) in [6, 6.07) is 8.10. The molecule has 1 aromatic carbocycles. The number of benzene rings is 1. The van der Waals surface area contributed by atoms with E-state index in [0.717, 1.165) is 28.5 Å². The number of hydrogen-bond acceptors (Lipinski definition) is 6. The summed E-state index contributed by atoms with van der Waals surface area (Å²) in [5.41, 5.74) is 2.09. The van der Waals surface area contributed by atoms with Crippen molar-refractivity contribution in [3.05, 3.63) is 56.2 Å². The molecule has 0 spiro atoms. The summed E-state index contributed by atoms with van der Waals surface area (Å²) in [6.45, 7) is 5.78. The molecule has 3 aromatic rings. The molecular formula is C23H29N5O4. The van der Waals surface area contributed by atoms with Gasteiger partial charge in [0.05, 0.1) is 19.1 Å². The van der Waals surface area contributed by atoms with Gasteiger partial charge in [-0.05, 0) is 32.3 Å². The maximum absolute atomic E-state index is 13.1. The molecule has 0 bridgehead atoms. The number of fused-ring (bicyclic) bond motifs is 1. The topological polar surface area (TPSA) is 91.4 Å². The highest BCUT2D eigenvalue weighted by Gasteiger charge is 2.31. The number of ether oxygens (including phenoxy) is 1. The minimum Gasteiger partial charge on any atom is -0.466 e. The third-order valence-electron chi connectivity index (χ3n) is 6.11. The van der Waals surface area contributed by atoms with Crippen LogP contribution >= 0.6 is 0 Å². The van der Waals surface area contributed by atoms with Crippen LogP contribution in [0.2, 0.25) is 0 Å². The van der Waals surface area contributed by atoms with E-state index in [9.17, 15) is 14.4 Å². The number of anilines is 1. The van der Waals surface area contributed by atoms with Gasteiger partial charge in [0.2, 0.25) is 5.95 Å². The van der Waals surface area contributed by atoms with Gasteiger partial charge in [-0.1, -0.05) is 29.8 Å². The number of aromatic nitrogens is 4. The number of carbonyl (C=O) groups is 1. The molecule has 0 unspecified atom stereocenters. The molecule has 0 saturated carbocycles. The molecule has 0 N–H and O–H groups in total. The molecule has 0 amide bonds. The van der Waals surface area contributed by atoms with E-state index >= 15 is 0 Å². The molecule has 9 heteroatoms. The number of nitrogens with zero attached hydrogens (tertiary/aromatic N) is 5. The van der Waals surface area contributed by atoms with E-state index in [1.807, 2.05) is 40.7 Å². The monoisotopic (exact) mass is 439 g/mol. The van der Waals surface area contributed by atoms with E-state index in [1.165, 1.54) is 11.6 Å². The molecule has 1 saturated heterocycles. The van der Waals surface area contributed by atoms with E-state index in [-0.39, 0.29) is 17.4 Å². The Morgan fingerprint density at radius 2 is 1.88 bits per heavy atom. The Hall–Kier alpha value is -3.36. The first-order valence-corrected chi connectivity index (χ1v) is 10.9. The second kappa shape index (κ2) is 8.64. The average Bonchev–Trinajstić information content (AvgIpc) is 3.17. The van der Waals surface area contributed by atoms with Crippen molar-refractivity contribution in [3.63, 3.8) is 0 Å². The summed E-state index contributed by atoms with van der Waals surface area (Å²) in [5, 5.41) is 0. The molecule has 32 heavy (non-hydrogen) atoms. The molecular weight excluding hydrogens is 410 g/mol. The summed E-state index contributed by atoms with van der Waals surface area (Å²) < 4.78 is 9.62. The second-order valence-corrected chi connectivity index (χ2v) is 8.40. The Kier molecular flexibility index (Phi) is 5.90. The van der Waals surface area contributed by atoms with Crippen LogP contribution in [-0.4, -0.2) is 44.4 Å². The van der Waals surface area contributed by atoms with Crippen molar-refractivity contribution in [3.8, 4) is 0 Å². The number of piperidine rings is 1. The van der Waals surface area contributed by atoms with E-state index in [0.29, 0.717) is 43.4 Å². The van der Waals surface area contributed by atoms with Gasteiger partial charge >= 0.3 is 11.7 Å². The fourth-order valence-electron chi connectivity index (χ4n) is 4.31. The summed E-state index contributed by atoms with van der Waals surface area (Å²) in [6.07, 6.45) is 1.57. The van der Waals surface area contributed by atoms with Crippen LogP contribution in [0.25, 0.3) is 11.2 Å². The molecule has 9 nitrogen and oxygen atoms in total. The van der Waals surface area contributed by atoms with Crippen LogP contribution in [0.1, 0.15) is 30.9 Å². The lowest BCUT2D eigenvalue weighted by Gasteiger charge is -2.32. The summed E-state index contributed by atoms with van der Waals surface area (Å²) >= 11 is 0. The van der Waals surface area contributed by atoms with Gasteiger partial charge in [-0.3, -0.25) is 23.3 Å². The molecule has 4 rings (SSSR count). The lowest BCUT2D eigenvalue weighted by molar-refractivity contribution is -0.148. The highest BCUT2D eigenvalue weighted by Crippen LogP contribution is 2.27. The van der Waals surface area contributed by atoms with Gasteiger partial charge in [0.1, 0.15) is 0 Å². The number of esters is 1. The van der Waals surface area contributed by atoms with Gasteiger partial charge in [0.25, 0.3) is 5.56 Å². The number of hydrogen-bond donors (Lipinski definition) is 0. The normalized spacial score (nSPS) is 16.5. The third kappa shape index (κ3) is 3.83. The number of imidazole rings is 1. The summed E-state index contributed by atoms with van der Waals surface area (Å²) in [4.78, 5) is 44.8. The van der Waals surface area contributed by atoms with Crippen molar-refractivity contribution in [2.75, 3.05) is 24.6 Å². The number of rotatable bonds is 5. The zero-order valence-corrected chi connectivity index (χ0v) is 19.0. The van der Waals surface area contributed by atoms with Gasteiger partial charge in [0, 0.05) is 27.2 Å². The number of aryl methyl sites for hydroxylation is 2. The maximum atomic E-state index is 13.1. The Morgan fingerprint density at radius 3 is 2.56 bits per heavy atom. The maximum Gasteiger partial charge on any atom is 0.332 e. The van der Waals surface area contributed by atoms with E-state index in [4.69, 9.17) is 9.72 Å². The molecule has 1 aliphatic rings. The van der Waals surface area contributed by atoms with Crippen molar-refractivity contribution in [1.82, 2.24) is 18.7 Å². The van der Waals surface area contributed by atoms with Crippen molar-refractivity contribution in [1.29, 1.82) is 0 Å². The van der Waals surface area contributed by atoms with Crippen molar-refractivity contribution < 1.29 is 9.53 Å². The largest absolute Gasteiger partial charge is 0.466 e. The smallest absolute Gasteiger partial charge is 0.332 e. The summed E-state index contributed by atoms with van der Waals surface area (Å²) in [7, 11) is 3.10. The zero-order valence-electron chi connectivity index (χ0n) is 19.0. The fraction of sp³-hybridized carbons (Fsp3) is 0.478. The van der Waals surface area contributed by atoms with Crippen LogP contribution < -0.4 is 16.1 Å². The Bertz CT molecular complexity index is 1270. The molecule has 1 fully saturated rings. The predicted molar refractivity (Wildman–Crippen MR) is 122 cm³/mol. The minimum atomic E-state index is -0.419. The molecule has 0 aliphatic carbocycles. The molecule has 1 aliphatic heterocycles. The second-order valence-electron chi connectivity index (χ2n) is 8.40. The van der Waals surface area contributed by atoms with Crippen LogP contribution in [0.15, 0.2) is 33.9 Å². The molecule has 170 valence electrons. The fourth-order valence-corrected chi connectivity index (χ4v) is 4.31. The lowest BCUT2D eigenvalue weighted by atomic mass is 9.98. The number of carbonyl (C=O) groups excluding carboxylic acids is 1. The first kappa shape index (κ1) is 21.9. The first-order chi connectivity index (χ1) is 15.3. The third-order valence-corrected chi connectivity index (χ3v) is 6.11. The highest BCUT2D eigenvalue weighted by molar-refractivity contribution is 5.76. The molecule has 0 radical (unpaired) electrons. The van der Waals surface area contributed by atoms with Crippen molar-refractivity contribution >= 4 is 23.1 Å². The Labute approximate surface area is 185 Å². The van der Waals surface area contributed by atoms with E-state index in [1.54, 1.807) is 14.0 Å². The molecule has 1 atom stereocenters. The lowest BCUT2D eigenvalue weighted by Crippen LogP contribution is -2.41. The SMILES string of the molecule is CCOC(=O)[C@@H]1CCCN(c2nc3c(c(=O)n(C)c(=O)n3C)n2Cc2ccc(C)cc2)C1. The van der Waals surface area contributed by atoms with Crippen molar-refractivity contribution in [2.24, 2.45) is 20.0 Å².